The van der Waals surface area contributed by atoms with E-state index in [2.05, 4.69) is 63.3 Å². The molecular weight excluding hydrogens is 248 g/mol. The molecule has 1 aliphatic rings. The van der Waals surface area contributed by atoms with E-state index >= 15 is 0 Å². The molecular formula is C17H26OSi. The van der Waals surface area contributed by atoms with Crippen LogP contribution in [0, 0.1) is 0 Å². The van der Waals surface area contributed by atoms with Crippen LogP contribution < -0.4 is 0 Å². The Bertz CT molecular complexity index is 428. The maximum Gasteiger partial charge on any atom is 0.0961 e. The number of aliphatic hydroxyl groups is 1. The summed E-state index contributed by atoms with van der Waals surface area (Å²) in [6, 6.07) is 14.0. The average Bonchev–Trinajstić information content (AvgIpc) is 2.85. The molecule has 0 spiro atoms. The molecule has 0 unspecified atom stereocenters. The Morgan fingerprint density at radius 1 is 1.11 bits per heavy atom. The summed E-state index contributed by atoms with van der Waals surface area (Å²) in [4.78, 5) is 0. The van der Waals surface area contributed by atoms with Gasteiger partial charge in [-0.3, -0.25) is 0 Å². The normalized spacial score (nSPS) is 26.8. The largest absolute Gasteiger partial charge is 0.389 e. The van der Waals surface area contributed by atoms with Gasteiger partial charge in [-0.05, 0) is 12.0 Å². The number of rotatable bonds is 5. The molecule has 0 heterocycles. The van der Waals surface area contributed by atoms with Gasteiger partial charge >= 0.3 is 0 Å². The molecule has 0 radical (unpaired) electrons. The third-order valence-electron chi connectivity index (χ3n) is 5.36. The fraction of sp³-hybridized carbons (Fsp3) is 0.529. The van der Waals surface area contributed by atoms with Gasteiger partial charge in [-0.1, -0.05) is 81.4 Å². The minimum Gasteiger partial charge on any atom is -0.389 e. The Morgan fingerprint density at radius 3 is 2.21 bits per heavy atom. The van der Waals surface area contributed by atoms with Crippen LogP contribution in [0.15, 0.2) is 42.5 Å². The van der Waals surface area contributed by atoms with Gasteiger partial charge in [0.25, 0.3) is 0 Å². The summed E-state index contributed by atoms with van der Waals surface area (Å²) in [5.41, 5.74) is 1.29. The van der Waals surface area contributed by atoms with Gasteiger partial charge in [0.1, 0.15) is 0 Å². The first-order valence-corrected chi connectivity index (χ1v) is 10.2. The number of allylic oxidation sites excluding steroid dienone is 1. The van der Waals surface area contributed by atoms with Gasteiger partial charge in [-0.2, -0.15) is 0 Å². The lowest BCUT2D eigenvalue weighted by molar-refractivity contribution is 0.140. The average molecular weight is 274 g/mol. The zero-order chi connectivity index (χ0) is 13.9. The molecule has 0 saturated carbocycles. The molecule has 0 fully saturated rings. The minimum absolute atomic E-state index is 0.264. The lowest BCUT2D eigenvalue weighted by Crippen LogP contribution is -2.58. The van der Waals surface area contributed by atoms with Crippen molar-refractivity contribution in [1.82, 2.24) is 0 Å². The fourth-order valence-electron chi connectivity index (χ4n) is 3.90. The topological polar surface area (TPSA) is 20.2 Å². The molecule has 104 valence electrons. The van der Waals surface area contributed by atoms with Gasteiger partial charge in [-0.15, -0.1) is 0 Å². The predicted molar refractivity (Wildman–Crippen MR) is 85.1 cm³/mol. The van der Waals surface area contributed by atoms with E-state index in [0.29, 0.717) is 0 Å². The molecule has 1 aromatic carbocycles. The highest BCUT2D eigenvalue weighted by Gasteiger charge is 2.53. The summed E-state index contributed by atoms with van der Waals surface area (Å²) in [6.07, 6.45) is 5.31. The van der Waals surface area contributed by atoms with E-state index in [1.807, 2.05) is 0 Å². The van der Waals surface area contributed by atoms with E-state index in [9.17, 15) is 5.11 Å². The Labute approximate surface area is 118 Å². The number of benzene rings is 1. The van der Waals surface area contributed by atoms with Gasteiger partial charge < -0.3 is 5.11 Å². The molecule has 0 amide bonds. The van der Waals surface area contributed by atoms with Crippen molar-refractivity contribution in [3.8, 4) is 0 Å². The standard InChI is InChI=1S/C17H26OSi/c1-4-19(5-2,6-3)17(18)14-10-13-16(17)15-11-8-7-9-12-15/h7-12,14,16,18H,4-6,13H2,1-3H3/t16-,17-/m0/s1. The van der Waals surface area contributed by atoms with Crippen molar-refractivity contribution >= 4 is 8.07 Å². The molecule has 2 rings (SSSR count). The van der Waals surface area contributed by atoms with Crippen LogP contribution in [-0.4, -0.2) is 18.4 Å². The molecule has 0 aliphatic heterocycles. The van der Waals surface area contributed by atoms with Crippen LogP contribution >= 0.6 is 0 Å². The van der Waals surface area contributed by atoms with Gasteiger partial charge in [-0.25, -0.2) is 0 Å². The Morgan fingerprint density at radius 2 is 1.68 bits per heavy atom. The second kappa shape index (κ2) is 5.64. The van der Waals surface area contributed by atoms with Crippen LogP contribution in [0.2, 0.25) is 18.1 Å². The third-order valence-corrected chi connectivity index (χ3v) is 11.6. The lowest BCUT2D eigenvalue weighted by atomic mass is 9.94. The second-order valence-electron chi connectivity index (χ2n) is 5.77. The smallest absolute Gasteiger partial charge is 0.0961 e. The van der Waals surface area contributed by atoms with Crippen LogP contribution in [-0.2, 0) is 0 Å². The van der Waals surface area contributed by atoms with E-state index < -0.39 is 13.3 Å². The van der Waals surface area contributed by atoms with Crippen molar-refractivity contribution in [1.29, 1.82) is 0 Å². The molecule has 19 heavy (non-hydrogen) atoms. The van der Waals surface area contributed by atoms with Gasteiger partial charge in [0, 0.05) is 5.92 Å². The highest BCUT2D eigenvalue weighted by atomic mass is 28.3. The molecule has 0 aromatic heterocycles. The predicted octanol–water partition coefficient (Wildman–Crippen LogP) is 4.51. The summed E-state index contributed by atoms with van der Waals surface area (Å²) in [5, 5.41) is 10.9. The monoisotopic (exact) mass is 274 g/mol. The molecule has 2 atom stereocenters. The zero-order valence-corrected chi connectivity index (χ0v) is 13.4. The quantitative estimate of drug-likeness (QED) is 0.619. The molecule has 1 aliphatic carbocycles. The number of hydrogen-bond acceptors (Lipinski definition) is 1. The summed E-state index contributed by atoms with van der Waals surface area (Å²) in [7, 11) is -1.69. The summed E-state index contributed by atoms with van der Waals surface area (Å²) >= 11 is 0. The van der Waals surface area contributed by atoms with Crippen LogP contribution in [0.3, 0.4) is 0 Å². The second-order valence-corrected chi connectivity index (χ2v) is 11.3. The van der Waals surface area contributed by atoms with Crippen LogP contribution in [0.5, 0.6) is 0 Å². The van der Waals surface area contributed by atoms with Crippen LogP contribution in [0.1, 0.15) is 38.7 Å². The van der Waals surface area contributed by atoms with Gasteiger partial charge in [0.2, 0.25) is 0 Å². The molecule has 1 nitrogen and oxygen atoms in total. The fourth-order valence-corrected chi connectivity index (χ4v) is 8.60. The van der Waals surface area contributed by atoms with Gasteiger partial charge in [0.05, 0.1) is 13.3 Å². The summed E-state index contributed by atoms with van der Waals surface area (Å²) < 4.78 is 0. The van der Waals surface area contributed by atoms with Crippen LogP contribution in [0.25, 0.3) is 0 Å². The minimum atomic E-state index is -1.69. The molecule has 0 saturated heterocycles. The van der Waals surface area contributed by atoms with Crippen molar-refractivity contribution in [2.45, 2.75) is 56.5 Å². The SMILES string of the molecule is CC[Si](CC)(CC)[C@@]1(O)C=CC[C@H]1c1ccccc1. The van der Waals surface area contributed by atoms with Crippen molar-refractivity contribution in [2.24, 2.45) is 0 Å². The Kier molecular flexibility index (Phi) is 4.31. The summed E-state index contributed by atoms with van der Waals surface area (Å²) in [5.74, 6) is 0.264. The lowest BCUT2D eigenvalue weighted by Gasteiger charge is -2.45. The summed E-state index contributed by atoms with van der Waals surface area (Å²) in [6.45, 7) is 6.81. The maximum absolute atomic E-state index is 11.5. The van der Waals surface area contributed by atoms with Crippen molar-refractivity contribution in [3.05, 3.63) is 48.0 Å². The zero-order valence-electron chi connectivity index (χ0n) is 12.4. The first-order valence-electron chi connectivity index (χ1n) is 7.58. The van der Waals surface area contributed by atoms with Crippen LogP contribution in [0.4, 0.5) is 0 Å². The first-order chi connectivity index (χ1) is 9.13. The third kappa shape index (κ3) is 2.21. The van der Waals surface area contributed by atoms with E-state index in [0.717, 1.165) is 24.6 Å². The van der Waals surface area contributed by atoms with Crippen molar-refractivity contribution in [2.75, 3.05) is 0 Å². The van der Waals surface area contributed by atoms with Crippen molar-refractivity contribution < 1.29 is 5.11 Å². The highest BCUT2D eigenvalue weighted by molar-refractivity contribution is 6.83. The Balaban J connectivity index is 2.43. The van der Waals surface area contributed by atoms with Crippen molar-refractivity contribution in [3.63, 3.8) is 0 Å². The Hall–Kier alpha value is -0.863. The molecule has 1 N–H and O–H groups in total. The van der Waals surface area contributed by atoms with E-state index in [1.165, 1.54) is 5.56 Å². The van der Waals surface area contributed by atoms with E-state index in [-0.39, 0.29) is 5.92 Å². The van der Waals surface area contributed by atoms with Gasteiger partial charge in [0.15, 0.2) is 0 Å². The van der Waals surface area contributed by atoms with E-state index in [4.69, 9.17) is 0 Å². The molecule has 1 aromatic rings. The number of hydrogen-bond donors (Lipinski definition) is 1. The maximum atomic E-state index is 11.5. The molecule has 0 bridgehead atoms. The molecule has 2 heteroatoms. The highest BCUT2D eigenvalue weighted by Crippen LogP contribution is 2.47. The van der Waals surface area contributed by atoms with E-state index in [1.54, 1.807) is 0 Å². The first kappa shape index (κ1) is 14.5.